The minimum Gasteiger partial charge on any atom is -0.497 e. The lowest BCUT2D eigenvalue weighted by atomic mass is 9.96. The zero-order valence-electron chi connectivity index (χ0n) is 19.3. The normalized spacial score (nSPS) is 15.7. The molecule has 9 nitrogen and oxygen atoms in total. The summed E-state index contributed by atoms with van der Waals surface area (Å²) >= 11 is 0. The zero-order valence-corrected chi connectivity index (χ0v) is 19.3. The van der Waals surface area contributed by atoms with Gasteiger partial charge in [-0.25, -0.2) is 9.37 Å². The number of anilines is 2. The molecule has 0 aliphatic carbocycles. The van der Waals surface area contributed by atoms with Crippen LogP contribution >= 0.6 is 0 Å². The molecule has 1 saturated heterocycles. The lowest BCUT2D eigenvalue weighted by Gasteiger charge is -2.33. The van der Waals surface area contributed by atoms with Crippen molar-refractivity contribution < 1.29 is 23.2 Å². The lowest BCUT2D eigenvalue weighted by molar-refractivity contribution is -0.120. The van der Waals surface area contributed by atoms with Crippen LogP contribution in [0.2, 0.25) is 0 Å². The number of hydrogen-bond acceptors (Lipinski definition) is 8. The van der Waals surface area contributed by atoms with Crippen LogP contribution in [0.25, 0.3) is 22.4 Å². The third-order valence-corrected chi connectivity index (χ3v) is 6.13. The van der Waals surface area contributed by atoms with Gasteiger partial charge >= 0.3 is 0 Å². The summed E-state index contributed by atoms with van der Waals surface area (Å²) in [7, 11) is 3.12. The van der Waals surface area contributed by atoms with E-state index < -0.39 is 0 Å². The Morgan fingerprint density at radius 2 is 1.97 bits per heavy atom. The molecule has 10 heteroatoms. The molecule has 1 unspecified atom stereocenters. The summed E-state index contributed by atoms with van der Waals surface area (Å²) in [5, 5.41) is 7.78. The number of methoxy groups -OCH3 is 2. The summed E-state index contributed by atoms with van der Waals surface area (Å²) in [5.41, 5.74) is 2.11. The van der Waals surface area contributed by atoms with Crippen LogP contribution in [-0.2, 0) is 4.79 Å². The van der Waals surface area contributed by atoms with Crippen molar-refractivity contribution in [3.63, 3.8) is 0 Å². The molecule has 0 saturated carbocycles. The quantitative estimate of drug-likeness (QED) is 0.439. The largest absolute Gasteiger partial charge is 0.497 e. The summed E-state index contributed by atoms with van der Waals surface area (Å²) < 4.78 is 29.6. The molecular formula is C25H24FN5O4. The summed E-state index contributed by atoms with van der Waals surface area (Å²) in [5.74, 6) is 1.07. The van der Waals surface area contributed by atoms with E-state index in [9.17, 15) is 9.18 Å². The first-order valence-corrected chi connectivity index (χ1v) is 11.2. The molecule has 0 bridgehead atoms. The number of nitrogens with zero attached hydrogens (tertiary/aromatic N) is 4. The van der Waals surface area contributed by atoms with E-state index >= 15 is 0 Å². The van der Waals surface area contributed by atoms with E-state index in [1.165, 1.54) is 18.5 Å². The van der Waals surface area contributed by atoms with Crippen molar-refractivity contribution in [2.75, 3.05) is 37.5 Å². The first-order valence-electron chi connectivity index (χ1n) is 11.2. The van der Waals surface area contributed by atoms with Crippen molar-refractivity contribution in [1.82, 2.24) is 15.1 Å². The fourth-order valence-corrected chi connectivity index (χ4v) is 4.35. The maximum Gasteiger partial charge on any atom is 0.263 e. The van der Waals surface area contributed by atoms with Gasteiger partial charge in [0.15, 0.2) is 0 Å². The predicted molar refractivity (Wildman–Crippen MR) is 128 cm³/mol. The van der Waals surface area contributed by atoms with Gasteiger partial charge in [-0.1, -0.05) is 5.16 Å². The van der Waals surface area contributed by atoms with Crippen LogP contribution in [0.4, 0.5) is 15.9 Å². The molecule has 4 aromatic rings. The van der Waals surface area contributed by atoms with Crippen molar-refractivity contribution in [1.29, 1.82) is 0 Å². The molecule has 35 heavy (non-hydrogen) atoms. The predicted octanol–water partition coefficient (Wildman–Crippen LogP) is 4.30. The van der Waals surface area contributed by atoms with E-state index in [1.54, 1.807) is 44.6 Å². The SMILES string of the molecule is COc1ccc(OC)c(NC(=O)C2CCCN(c3ncnc4onc(-c5ccc(F)cc5)c34)C2)c1. The second-order valence-electron chi connectivity index (χ2n) is 8.26. The highest BCUT2D eigenvalue weighted by Gasteiger charge is 2.30. The molecule has 1 atom stereocenters. The van der Waals surface area contributed by atoms with Crippen LogP contribution < -0.4 is 19.7 Å². The van der Waals surface area contributed by atoms with Crippen LogP contribution in [0.5, 0.6) is 11.5 Å². The monoisotopic (exact) mass is 477 g/mol. The minimum absolute atomic E-state index is 0.115. The number of piperidine rings is 1. The molecule has 1 amide bonds. The summed E-state index contributed by atoms with van der Waals surface area (Å²) in [6.45, 7) is 1.17. The number of aromatic nitrogens is 3. The van der Waals surface area contributed by atoms with Gasteiger partial charge in [-0.2, -0.15) is 4.98 Å². The zero-order chi connectivity index (χ0) is 24.4. The lowest BCUT2D eigenvalue weighted by Crippen LogP contribution is -2.41. The fraction of sp³-hybridized carbons (Fsp3) is 0.280. The van der Waals surface area contributed by atoms with Gasteiger partial charge in [0.1, 0.15) is 40.5 Å². The molecule has 1 fully saturated rings. The van der Waals surface area contributed by atoms with Gasteiger partial charge in [0.25, 0.3) is 5.71 Å². The molecule has 3 heterocycles. The molecule has 180 valence electrons. The number of carbonyl (C=O) groups is 1. The number of hydrogen-bond donors (Lipinski definition) is 1. The van der Waals surface area contributed by atoms with Gasteiger partial charge in [-0.3, -0.25) is 4.79 Å². The Balaban J connectivity index is 1.41. The van der Waals surface area contributed by atoms with Crippen LogP contribution in [-0.4, -0.2) is 48.3 Å². The van der Waals surface area contributed by atoms with E-state index in [0.717, 1.165) is 12.8 Å². The molecule has 1 N–H and O–H groups in total. The van der Waals surface area contributed by atoms with Crippen molar-refractivity contribution in [2.24, 2.45) is 5.92 Å². The highest BCUT2D eigenvalue weighted by atomic mass is 19.1. The second kappa shape index (κ2) is 9.57. The summed E-state index contributed by atoms with van der Waals surface area (Å²) in [6.07, 6.45) is 2.95. The standard InChI is InChI=1S/C25H24FN5O4/c1-33-18-9-10-20(34-2)19(12-18)29-24(32)16-4-3-11-31(13-16)23-21-22(15-5-7-17(26)8-6-15)30-35-25(21)28-14-27-23/h5-10,12,14,16H,3-4,11,13H2,1-2H3,(H,29,32). The van der Waals surface area contributed by atoms with Crippen LogP contribution in [0.15, 0.2) is 53.3 Å². The van der Waals surface area contributed by atoms with E-state index in [4.69, 9.17) is 14.0 Å². The number of nitrogens with one attached hydrogen (secondary N) is 1. The number of halogens is 1. The Labute approximate surface area is 200 Å². The van der Waals surface area contributed by atoms with E-state index in [1.807, 2.05) is 4.90 Å². The van der Waals surface area contributed by atoms with Crippen molar-refractivity contribution in [2.45, 2.75) is 12.8 Å². The molecule has 0 spiro atoms. The van der Waals surface area contributed by atoms with Gasteiger partial charge in [0.2, 0.25) is 5.91 Å². The Morgan fingerprint density at radius 3 is 2.74 bits per heavy atom. The number of amides is 1. The smallest absolute Gasteiger partial charge is 0.263 e. The van der Waals surface area contributed by atoms with E-state index in [0.29, 0.717) is 58.5 Å². The van der Waals surface area contributed by atoms with Crippen molar-refractivity contribution >= 4 is 28.5 Å². The maximum absolute atomic E-state index is 13.4. The molecule has 2 aromatic heterocycles. The number of rotatable bonds is 6. The number of benzene rings is 2. The molecular weight excluding hydrogens is 453 g/mol. The van der Waals surface area contributed by atoms with Gasteiger partial charge in [0.05, 0.1) is 25.8 Å². The Kier molecular flexibility index (Phi) is 6.17. The first-order chi connectivity index (χ1) is 17.1. The number of carbonyl (C=O) groups excluding carboxylic acids is 1. The van der Waals surface area contributed by atoms with Crippen molar-refractivity contribution in [3.05, 3.63) is 54.6 Å². The third kappa shape index (κ3) is 4.46. The van der Waals surface area contributed by atoms with E-state index in [-0.39, 0.29) is 17.6 Å². The number of fused-ring (bicyclic) bond motifs is 1. The van der Waals surface area contributed by atoms with Crippen molar-refractivity contribution in [3.8, 4) is 22.8 Å². The number of ether oxygens (including phenoxy) is 2. The Bertz CT molecular complexity index is 1360. The topological polar surface area (TPSA) is 103 Å². The molecule has 2 aromatic carbocycles. The molecule has 1 aliphatic rings. The average molecular weight is 477 g/mol. The fourth-order valence-electron chi connectivity index (χ4n) is 4.35. The van der Waals surface area contributed by atoms with Crippen LogP contribution in [0.1, 0.15) is 12.8 Å². The summed E-state index contributed by atoms with van der Waals surface area (Å²) in [6, 6.07) is 11.3. The average Bonchev–Trinajstić information content (AvgIpc) is 3.33. The summed E-state index contributed by atoms with van der Waals surface area (Å²) in [4.78, 5) is 24.0. The van der Waals surface area contributed by atoms with Gasteiger partial charge < -0.3 is 24.2 Å². The highest BCUT2D eigenvalue weighted by molar-refractivity contribution is 5.98. The van der Waals surface area contributed by atoms with Gasteiger partial charge in [0, 0.05) is 24.7 Å². The van der Waals surface area contributed by atoms with Crippen LogP contribution in [0, 0.1) is 11.7 Å². The highest BCUT2D eigenvalue weighted by Crippen LogP contribution is 2.35. The molecule has 1 aliphatic heterocycles. The minimum atomic E-state index is -0.337. The van der Waals surface area contributed by atoms with E-state index in [2.05, 4.69) is 20.4 Å². The molecule has 5 rings (SSSR count). The van der Waals surface area contributed by atoms with Crippen LogP contribution in [0.3, 0.4) is 0 Å². The maximum atomic E-state index is 13.4. The van der Waals surface area contributed by atoms with Gasteiger partial charge in [-0.15, -0.1) is 0 Å². The van der Waals surface area contributed by atoms with Gasteiger partial charge in [-0.05, 0) is 49.2 Å². The first kappa shape index (κ1) is 22.6. The molecule has 0 radical (unpaired) electrons. The Morgan fingerprint density at radius 1 is 1.14 bits per heavy atom. The third-order valence-electron chi connectivity index (χ3n) is 6.13. The Hall–Kier alpha value is -4.21. The second-order valence-corrected chi connectivity index (χ2v) is 8.26.